The van der Waals surface area contributed by atoms with Crippen molar-refractivity contribution in [2.45, 2.75) is 12.5 Å². The standard InChI is InChI=1S/C15H13BrClFO2/c1-19-15-6-10(8-17)2-5-14(15)20-9-11-3-4-12(18)7-13(11)16/h2-7H,8-9H2,1H3. The molecule has 0 bridgehead atoms. The van der Waals surface area contributed by atoms with Gasteiger partial charge < -0.3 is 9.47 Å². The number of rotatable bonds is 5. The van der Waals surface area contributed by atoms with Crippen LogP contribution in [0.15, 0.2) is 40.9 Å². The Balaban J connectivity index is 2.14. The summed E-state index contributed by atoms with van der Waals surface area (Å²) in [7, 11) is 1.58. The van der Waals surface area contributed by atoms with Crippen molar-refractivity contribution >= 4 is 27.5 Å². The number of benzene rings is 2. The molecular weight excluding hydrogens is 347 g/mol. The van der Waals surface area contributed by atoms with Crippen molar-refractivity contribution in [1.29, 1.82) is 0 Å². The summed E-state index contributed by atoms with van der Waals surface area (Å²) < 4.78 is 24.7. The van der Waals surface area contributed by atoms with Crippen molar-refractivity contribution in [3.63, 3.8) is 0 Å². The van der Waals surface area contributed by atoms with Gasteiger partial charge in [0.15, 0.2) is 11.5 Å². The van der Waals surface area contributed by atoms with Gasteiger partial charge in [0, 0.05) is 15.9 Å². The van der Waals surface area contributed by atoms with Gasteiger partial charge in [-0.2, -0.15) is 0 Å². The first-order valence-corrected chi connectivity index (χ1v) is 7.26. The fraction of sp³-hybridized carbons (Fsp3) is 0.200. The summed E-state index contributed by atoms with van der Waals surface area (Å²) in [4.78, 5) is 0. The maximum absolute atomic E-state index is 13.0. The van der Waals surface area contributed by atoms with E-state index in [0.717, 1.165) is 11.1 Å². The van der Waals surface area contributed by atoms with Gasteiger partial charge in [-0.1, -0.05) is 28.1 Å². The topological polar surface area (TPSA) is 18.5 Å². The first-order valence-electron chi connectivity index (χ1n) is 5.93. The molecule has 5 heteroatoms. The van der Waals surface area contributed by atoms with Gasteiger partial charge in [0.2, 0.25) is 0 Å². The second-order valence-corrected chi connectivity index (χ2v) is 5.26. The third-order valence-electron chi connectivity index (χ3n) is 2.78. The molecule has 0 amide bonds. The highest BCUT2D eigenvalue weighted by molar-refractivity contribution is 9.10. The largest absolute Gasteiger partial charge is 0.493 e. The number of hydrogen-bond donors (Lipinski definition) is 0. The summed E-state index contributed by atoms with van der Waals surface area (Å²) in [5, 5.41) is 0. The molecular formula is C15H13BrClFO2. The quantitative estimate of drug-likeness (QED) is 0.706. The van der Waals surface area contributed by atoms with Crippen molar-refractivity contribution in [1.82, 2.24) is 0 Å². The van der Waals surface area contributed by atoms with Crippen LogP contribution in [0, 0.1) is 5.82 Å². The molecule has 0 atom stereocenters. The average molecular weight is 360 g/mol. The van der Waals surface area contributed by atoms with Gasteiger partial charge in [-0.3, -0.25) is 0 Å². The zero-order valence-corrected chi connectivity index (χ0v) is 13.2. The SMILES string of the molecule is COc1cc(CCl)ccc1OCc1ccc(F)cc1Br. The Morgan fingerprint density at radius 3 is 2.60 bits per heavy atom. The van der Waals surface area contributed by atoms with Gasteiger partial charge in [-0.15, -0.1) is 11.6 Å². The molecule has 0 saturated heterocycles. The van der Waals surface area contributed by atoms with E-state index < -0.39 is 0 Å². The summed E-state index contributed by atoms with van der Waals surface area (Å²) in [6, 6.07) is 10.0. The zero-order chi connectivity index (χ0) is 14.5. The first-order chi connectivity index (χ1) is 9.63. The van der Waals surface area contributed by atoms with E-state index in [1.165, 1.54) is 12.1 Å². The molecule has 20 heavy (non-hydrogen) atoms. The highest BCUT2D eigenvalue weighted by Gasteiger charge is 2.08. The van der Waals surface area contributed by atoms with E-state index in [1.807, 2.05) is 18.2 Å². The van der Waals surface area contributed by atoms with E-state index in [2.05, 4.69) is 15.9 Å². The van der Waals surface area contributed by atoms with Gasteiger partial charge in [0.1, 0.15) is 12.4 Å². The van der Waals surface area contributed by atoms with Crippen molar-refractivity contribution in [2.24, 2.45) is 0 Å². The van der Waals surface area contributed by atoms with Crippen LogP contribution in [0.3, 0.4) is 0 Å². The molecule has 0 aliphatic heterocycles. The van der Waals surface area contributed by atoms with Crippen LogP contribution in [0.1, 0.15) is 11.1 Å². The van der Waals surface area contributed by atoms with Crippen molar-refractivity contribution < 1.29 is 13.9 Å². The van der Waals surface area contributed by atoms with E-state index in [0.29, 0.717) is 28.5 Å². The molecule has 2 nitrogen and oxygen atoms in total. The van der Waals surface area contributed by atoms with Crippen molar-refractivity contribution in [3.05, 3.63) is 57.8 Å². The molecule has 0 unspecified atom stereocenters. The Kier molecular flexibility index (Phi) is 5.26. The highest BCUT2D eigenvalue weighted by Crippen LogP contribution is 2.30. The number of halogens is 3. The number of alkyl halides is 1. The molecule has 0 heterocycles. The molecule has 2 rings (SSSR count). The maximum atomic E-state index is 13.0. The minimum absolute atomic E-state index is 0.287. The summed E-state index contributed by atoms with van der Waals surface area (Å²) in [5.41, 5.74) is 1.81. The van der Waals surface area contributed by atoms with Gasteiger partial charge in [0.05, 0.1) is 7.11 Å². The normalized spacial score (nSPS) is 10.4. The van der Waals surface area contributed by atoms with Crippen LogP contribution < -0.4 is 9.47 Å². The molecule has 0 aliphatic carbocycles. The summed E-state index contributed by atoms with van der Waals surface area (Å²) >= 11 is 9.09. The summed E-state index contributed by atoms with van der Waals surface area (Å²) in [6.45, 7) is 0.317. The average Bonchev–Trinajstić information content (AvgIpc) is 2.46. The Morgan fingerprint density at radius 2 is 1.95 bits per heavy atom. The lowest BCUT2D eigenvalue weighted by Crippen LogP contribution is -1.99. The van der Waals surface area contributed by atoms with Crippen molar-refractivity contribution in [3.8, 4) is 11.5 Å². The Hall–Kier alpha value is -1.26. The zero-order valence-electron chi connectivity index (χ0n) is 10.8. The fourth-order valence-electron chi connectivity index (χ4n) is 1.71. The molecule has 2 aromatic carbocycles. The monoisotopic (exact) mass is 358 g/mol. The Labute approximate surface area is 130 Å². The lowest BCUT2D eigenvalue weighted by atomic mass is 10.2. The molecule has 0 saturated carbocycles. The number of methoxy groups -OCH3 is 1. The number of hydrogen-bond acceptors (Lipinski definition) is 2. The second kappa shape index (κ2) is 6.95. The lowest BCUT2D eigenvalue weighted by molar-refractivity contribution is 0.283. The predicted molar refractivity (Wildman–Crippen MR) is 81.0 cm³/mol. The summed E-state index contributed by atoms with van der Waals surface area (Å²) in [6.07, 6.45) is 0. The van der Waals surface area contributed by atoms with Crippen LogP contribution in [0.4, 0.5) is 4.39 Å². The van der Waals surface area contributed by atoms with Crippen molar-refractivity contribution in [2.75, 3.05) is 7.11 Å². The van der Waals surface area contributed by atoms with Crippen LogP contribution in [0.25, 0.3) is 0 Å². The highest BCUT2D eigenvalue weighted by atomic mass is 79.9. The molecule has 2 aromatic rings. The fourth-order valence-corrected chi connectivity index (χ4v) is 2.34. The molecule has 0 fully saturated rings. The van der Waals surface area contributed by atoms with E-state index in [1.54, 1.807) is 13.2 Å². The first kappa shape index (κ1) is 15.1. The Morgan fingerprint density at radius 1 is 1.15 bits per heavy atom. The van der Waals surface area contributed by atoms with Crippen LogP contribution in [-0.2, 0) is 12.5 Å². The molecule has 106 valence electrons. The van der Waals surface area contributed by atoms with E-state index in [9.17, 15) is 4.39 Å². The number of ether oxygens (including phenoxy) is 2. The Bertz CT molecular complexity index is 604. The van der Waals surface area contributed by atoms with Gasteiger partial charge in [-0.25, -0.2) is 4.39 Å². The van der Waals surface area contributed by atoms with Crippen LogP contribution >= 0.6 is 27.5 Å². The van der Waals surface area contributed by atoms with Crippen LogP contribution in [-0.4, -0.2) is 7.11 Å². The summed E-state index contributed by atoms with van der Waals surface area (Å²) in [5.74, 6) is 1.38. The van der Waals surface area contributed by atoms with E-state index in [4.69, 9.17) is 21.1 Å². The third-order valence-corrected chi connectivity index (χ3v) is 3.83. The minimum atomic E-state index is -0.287. The van der Waals surface area contributed by atoms with E-state index in [-0.39, 0.29) is 5.82 Å². The van der Waals surface area contributed by atoms with E-state index >= 15 is 0 Å². The smallest absolute Gasteiger partial charge is 0.161 e. The van der Waals surface area contributed by atoms with Gasteiger partial charge in [-0.05, 0) is 29.8 Å². The minimum Gasteiger partial charge on any atom is -0.493 e. The molecule has 0 aromatic heterocycles. The molecule has 0 spiro atoms. The molecule has 0 radical (unpaired) electrons. The van der Waals surface area contributed by atoms with Crippen LogP contribution in [0.2, 0.25) is 0 Å². The maximum Gasteiger partial charge on any atom is 0.161 e. The molecule has 0 N–H and O–H groups in total. The van der Waals surface area contributed by atoms with Gasteiger partial charge >= 0.3 is 0 Å². The van der Waals surface area contributed by atoms with Crippen LogP contribution in [0.5, 0.6) is 11.5 Å². The second-order valence-electron chi connectivity index (χ2n) is 4.14. The lowest BCUT2D eigenvalue weighted by Gasteiger charge is -2.12. The molecule has 0 aliphatic rings. The third kappa shape index (κ3) is 3.64. The van der Waals surface area contributed by atoms with Gasteiger partial charge in [0.25, 0.3) is 0 Å². The predicted octanol–water partition coefficient (Wildman–Crippen LogP) is 4.91.